The number of hydrogen-bond acceptors (Lipinski definition) is 3. The lowest BCUT2D eigenvalue weighted by Crippen LogP contribution is -2.21. The number of nitrogens with zero attached hydrogens (tertiary/aromatic N) is 2. The maximum atomic E-state index is 11.9. The standard InChI is InChI=1S/C10H10IN3O/c1-2-14-10(15)6-3-4-8(12)9(11)7(6)5-13-14/h3-5H,2,12H2,1H3. The number of hydrogen-bond donors (Lipinski definition) is 1. The topological polar surface area (TPSA) is 60.9 Å². The second kappa shape index (κ2) is 3.80. The molecule has 1 aromatic carbocycles. The van der Waals surface area contributed by atoms with Gasteiger partial charge in [0, 0.05) is 21.2 Å². The maximum absolute atomic E-state index is 11.9. The van der Waals surface area contributed by atoms with Gasteiger partial charge in [0.1, 0.15) is 0 Å². The Balaban J connectivity index is 2.92. The lowest BCUT2D eigenvalue weighted by Gasteiger charge is -2.05. The van der Waals surface area contributed by atoms with Gasteiger partial charge in [-0.25, -0.2) is 4.68 Å². The van der Waals surface area contributed by atoms with Gasteiger partial charge < -0.3 is 5.73 Å². The average molecular weight is 315 g/mol. The van der Waals surface area contributed by atoms with E-state index in [1.165, 1.54) is 4.68 Å². The van der Waals surface area contributed by atoms with Crippen LogP contribution in [0.2, 0.25) is 0 Å². The molecule has 0 aliphatic carbocycles. The summed E-state index contributed by atoms with van der Waals surface area (Å²) < 4.78 is 2.33. The van der Waals surface area contributed by atoms with Gasteiger partial charge in [-0.2, -0.15) is 5.10 Å². The second-order valence-corrected chi connectivity index (χ2v) is 4.27. The van der Waals surface area contributed by atoms with Crippen molar-refractivity contribution in [3.63, 3.8) is 0 Å². The van der Waals surface area contributed by atoms with Gasteiger partial charge in [-0.3, -0.25) is 4.79 Å². The Bertz CT molecular complexity index is 577. The van der Waals surface area contributed by atoms with Crippen molar-refractivity contribution in [2.45, 2.75) is 13.5 Å². The van der Waals surface area contributed by atoms with Crippen LogP contribution in [0, 0.1) is 3.57 Å². The van der Waals surface area contributed by atoms with Crippen LogP contribution in [0.3, 0.4) is 0 Å². The minimum Gasteiger partial charge on any atom is -0.398 e. The number of nitrogen functional groups attached to an aromatic ring is 1. The maximum Gasteiger partial charge on any atom is 0.274 e. The van der Waals surface area contributed by atoms with E-state index in [-0.39, 0.29) is 5.56 Å². The third-order valence-corrected chi connectivity index (χ3v) is 3.50. The van der Waals surface area contributed by atoms with Gasteiger partial charge >= 0.3 is 0 Å². The number of anilines is 1. The van der Waals surface area contributed by atoms with Crippen LogP contribution in [-0.4, -0.2) is 9.78 Å². The van der Waals surface area contributed by atoms with Crippen molar-refractivity contribution in [1.82, 2.24) is 9.78 Å². The summed E-state index contributed by atoms with van der Waals surface area (Å²) in [6.45, 7) is 2.47. The predicted molar refractivity (Wildman–Crippen MR) is 68.8 cm³/mol. The molecule has 15 heavy (non-hydrogen) atoms. The molecule has 0 unspecified atom stereocenters. The van der Waals surface area contributed by atoms with Crippen LogP contribution in [0.25, 0.3) is 10.8 Å². The van der Waals surface area contributed by atoms with Crippen LogP contribution in [0.5, 0.6) is 0 Å². The van der Waals surface area contributed by atoms with Crippen molar-refractivity contribution in [3.8, 4) is 0 Å². The first-order chi connectivity index (χ1) is 7.15. The van der Waals surface area contributed by atoms with Crippen LogP contribution in [0.4, 0.5) is 5.69 Å². The zero-order valence-electron chi connectivity index (χ0n) is 8.20. The number of rotatable bonds is 1. The fourth-order valence-corrected chi connectivity index (χ4v) is 2.08. The summed E-state index contributed by atoms with van der Waals surface area (Å²) in [5, 5.41) is 5.57. The molecule has 0 radical (unpaired) electrons. The third kappa shape index (κ3) is 1.60. The summed E-state index contributed by atoms with van der Waals surface area (Å²) in [5.41, 5.74) is 6.38. The van der Waals surface area contributed by atoms with Gasteiger partial charge in [0.05, 0.1) is 11.6 Å². The second-order valence-electron chi connectivity index (χ2n) is 3.20. The van der Waals surface area contributed by atoms with Crippen LogP contribution in [0.15, 0.2) is 23.1 Å². The molecule has 0 saturated carbocycles. The SMILES string of the molecule is CCn1ncc2c(I)c(N)ccc2c1=O. The molecule has 78 valence electrons. The monoisotopic (exact) mass is 315 g/mol. The lowest BCUT2D eigenvalue weighted by molar-refractivity contribution is 0.623. The predicted octanol–water partition coefficient (Wildman–Crippen LogP) is 1.60. The van der Waals surface area contributed by atoms with Gasteiger partial charge in [0.2, 0.25) is 0 Å². The fraction of sp³-hybridized carbons (Fsp3) is 0.200. The molecule has 0 fully saturated rings. The molecule has 2 rings (SSSR count). The molecule has 0 aliphatic heterocycles. The van der Waals surface area contributed by atoms with E-state index in [1.54, 1.807) is 18.3 Å². The third-order valence-electron chi connectivity index (χ3n) is 2.30. The number of aryl methyl sites for hydroxylation is 1. The molecule has 0 amide bonds. The van der Waals surface area contributed by atoms with Crippen LogP contribution in [0.1, 0.15) is 6.92 Å². The summed E-state index contributed by atoms with van der Waals surface area (Å²) in [5.74, 6) is 0. The molecule has 4 nitrogen and oxygen atoms in total. The van der Waals surface area contributed by atoms with E-state index < -0.39 is 0 Å². The highest BCUT2D eigenvalue weighted by Gasteiger charge is 2.07. The minimum absolute atomic E-state index is 0.0621. The molecular weight excluding hydrogens is 305 g/mol. The summed E-state index contributed by atoms with van der Waals surface area (Å²) in [6, 6.07) is 3.51. The Labute approximate surface area is 100 Å². The summed E-state index contributed by atoms with van der Waals surface area (Å²) in [4.78, 5) is 11.9. The number of benzene rings is 1. The zero-order chi connectivity index (χ0) is 11.0. The molecule has 0 atom stereocenters. The molecular formula is C10H10IN3O. The van der Waals surface area contributed by atoms with E-state index in [0.29, 0.717) is 17.6 Å². The Morgan fingerprint density at radius 3 is 2.87 bits per heavy atom. The van der Waals surface area contributed by atoms with Gasteiger partial charge in [0.15, 0.2) is 0 Å². The Morgan fingerprint density at radius 1 is 1.47 bits per heavy atom. The smallest absolute Gasteiger partial charge is 0.274 e. The largest absolute Gasteiger partial charge is 0.398 e. The molecule has 0 aliphatic rings. The van der Waals surface area contributed by atoms with Gasteiger partial charge in [-0.05, 0) is 41.6 Å². The van der Waals surface area contributed by atoms with Crippen LogP contribution >= 0.6 is 22.6 Å². The van der Waals surface area contributed by atoms with Crippen molar-refractivity contribution in [3.05, 3.63) is 32.3 Å². The van der Waals surface area contributed by atoms with E-state index in [4.69, 9.17) is 5.73 Å². The first-order valence-electron chi connectivity index (χ1n) is 4.59. The summed E-state index contributed by atoms with van der Waals surface area (Å²) in [6.07, 6.45) is 1.69. The van der Waals surface area contributed by atoms with Gasteiger partial charge in [-0.15, -0.1) is 0 Å². The highest BCUT2D eigenvalue weighted by atomic mass is 127. The molecule has 0 saturated heterocycles. The molecule has 1 aromatic heterocycles. The van der Waals surface area contributed by atoms with Crippen LogP contribution < -0.4 is 11.3 Å². The van der Waals surface area contributed by atoms with Crippen molar-refractivity contribution >= 4 is 39.1 Å². The highest BCUT2D eigenvalue weighted by molar-refractivity contribution is 14.1. The number of fused-ring (bicyclic) bond motifs is 1. The highest BCUT2D eigenvalue weighted by Crippen LogP contribution is 2.22. The first-order valence-corrected chi connectivity index (χ1v) is 5.67. The minimum atomic E-state index is -0.0621. The van der Waals surface area contributed by atoms with Crippen molar-refractivity contribution < 1.29 is 0 Å². The normalized spacial score (nSPS) is 10.8. The first kappa shape index (κ1) is 10.4. The van der Waals surface area contributed by atoms with E-state index >= 15 is 0 Å². The van der Waals surface area contributed by atoms with E-state index in [9.17, 15) is 4.79 Å². The number of nitrogens with two attached hydrogens (primary N) is 1. The molecule has 5 heteroatoms. The fourth-order valence-electron chi connectivity index (χ4n) is 1.47. The van der Waals surface area contributed by atoms with Crippen molar-refractivity contribution in [1.29, 1.82) is 0 Å². The van der Waals surface area contributed by atoms with Crippen molar-refractivity contribution in [2.24, 2.45) is 0 Å². The molecule has 1 heterocycles. The number of halogens is 1. The summed E-state index contributed by atoms with van der Waals surface area (Å²) >= 11 is 2.13. The Kier molecular flexibility index (Phi) is 2.64. The van der Waals surface area contributed by atoms with Gasteiger partial charge in [-0.1, -0.05) is 0 Å². The molecule has 0 spiro atoms. The lowest BCUT2D eigenvalue weighted by atomic mass is 10.2. The van der Waals surface area contributed by atoms with E-state index in [0.717, 1.165) is 8.96 Å². The number of aromatic nitrogens is 2. The van der Waals surface area contributed by atoms with Gasteiger partial charge in [0.25, 0.3) is 5.56 Å². The van der Waals surface area contributed by atoms with Crippen LogP contribution in [-0.2, 0) is 6.54 Å². The van der Waals surface area contributed by atoms with E-state index in [2.05, 4.69) is 27.7 Å². The average Bonchev–Trinajstić information content (AvgIpc) is 2.24. The molecule has 0 bridgehead atoms. The summed E-state index contributed by atoms with van der Waals surface area (Å²) in [7, 11) is 0. The quantitative estimate of drug-likeness (QED) is 0.642. The molecule has 2 N–H and O–H groups in total. The van der Waals surface area contributed by atoms with E-state index in [1.807, 2.05) is 6.92 Å². The van der Waals surface area contributed by atoms with Crippen molar-refractivity contribution in [2.75, 3.05) is 5.73 Å². The zero-order valence-corrected chi connectivity index (χ0v) is 10.4. The Morgan fingerprint density at radius 2 is 2.20 bits per heavy atom. The Hall–Kier alpha value is -1.11. The molecule has 2 aromatic rings.